The van der Waals surface area contributed by atoms with Crippen LogP contribution in [0.25, 0.3) is 0 Å². The van der Waals surface area contributed by atoms with Crippen molar-refractivity contribution in [3.8, 4) is 17.2 Å². The highest BCUT2D eigenvalue weighted by Gasteiger charge is 2.12. The van der Waals surface area contributed by atoms with Crippen LogP contribution in [-0.2, 0) is 20.7 Å². The maximum absolute atomic E-state index is 11.8. The van der Waals surface area contributed by atoms with Gasteiger partial charge in [0.25, 0.3) is 5.91 Å². The third-order valence-corrected chi connectivity index (χ3v) is 4.89. The molecule has 0 atom stereocenters. The molecule has 0 spiro atoms. The van der Waals surface area contributed by atoms with Crippen molar-refractivity contribution in [3.05, 3.63) is 51.0 Å². The summed E-state index contributed by atoms with van der Waals surface area (Å²) in [5.74, 6) is 0.255. The van der Waals surface area contributed by atoms with E-state index < -0.39 is 25.1 Å². The lowest BCUT2D eigenvalue weighted by Crippen LogP contribution is -2.31. The van der Waals surface area contributed by atoms with Crippen LogP contribution in [0.15, 0.2) is 30.3 Å². The first-order chi connectivity index (χ1) is 14.3. The zero-order valence-electron chi connectivity index (χ0n) is 16.3. The van der Waals surface area contributed by atoms with E-state index in [4.69, 9.17) is 53.8 Å². The van der Waals surface area contributed by atoms with Crippen LogP contribution < -0.4 is 19.5 Å². The largest absolute Gasteiger partial charge is 0.493 e. The Morgan fingerprint density at radius 3 is 2.27 bits per heavy atom. The molecule has 0 saturated heterocycles. The predicted molar refractivity (Wildman–Crippen MR) is 114 cm³/mol. The lowest BCUT2D eigenvalue weighted by Gasteiger charge is -2.11. The second-order valence-corrected chi connectivity index (χ2v) is 7.16. The van der Waals surface area contributed by atoms with Gasteiger partial charge in [-0.2, -0.15) is 0 Å². The number of carbonyl (C=O) groups excluding carboxylic acids is 2. The van der Waals surface area contributed by atoms with E-state index >= 15 is 0 Å². The Morgan fingerprint density at radius 1 is 0.867 bits per heavy atom. The first kappa shape index (κ1) is 23.9. The number of benzene rings is 2. The Kier molecular flexibility index (Phi) is 9.36. The first-order valence-electron chi connectivity index (χ1n) is 8.74. The summed E-state index contributed by atoms with van der Waals surface area (Å²) in [5, 5.41) is 3.37. The quantitative estimate of drug-likeness (QED) is 0.413. The molecule has 1 N–H and O–H groups in total. The van der Waals surface area contributed by atoms with Crippen molar-refractivity contribution in [3.63, 3.8) is 0 Å². The number of halogens is 3. The molecule has 10 heteroatoms. The SMILES string of the molecule is COc1ccc(CCNC(=O)COC(=O)COc2cc(Cl)c(Cl)cc2Cl)cc1OC. The Labute approximate surface area is 189 Å². The van der Waals surface area contributed by atoms with E-state index in [0.717, 1.165) is 5.56 Å². The summed E-state index contributed by atoms with van der Waals surface area (Å²) >= 11 is 17.7. The van der Waals surface area contributed by atoms with Crippen LogP contribution in [-0.4, -0.2) is 45.9 Å². The molecular formula is C20H20Cl3NO6. The fourth-order valence-corrected chi connectivity index (χ4v) is 2.96. The maximum Gasteiger partial charge on any atom is 0.344 e. The van der Waals surface area contributed by atoms with Crippen LogP contribution in [0.1, 0.15) is 5.56 Å². The van der Waals surface area contributed by atoms with Crippen molar-refractivity contribution in [1.29, 1.82) is 0 Å². The van der Waals surface area contributed by atoms with Crippen molar-refractivity contribution in [2.45, 2.75) is 6.42 Å². The van der Waals surface area contributed by atoms with Crippen molar-refractivity contribution in [1.82, 2.24) is 5.32 Å². The molecule has 0 bridgehead atoms. The topological polar surface area (TPSA) is 83.1 Å². The molecule has 0 unspecified atom stereocenters. The van der Waals surface area contributed by atoms with Gasteiger partial charge in [0.15, 0.2) is 24.7 Å². The van der Waals surface area contributed by atoms with E-state index in [-0.39, 0.29) is 20.8 Å². The summed E-state index contributed by atoms with van der Waals surface area (Å²) in [5.41, 5.74) is 0.955. The van der Waals surface area contributed by atoms with Gasteiger partial charge in [-0.3, -0.25) is 4.79 Å². The van der Waals surface area contributed by atoms with Crippen LogP contribution in [0.5, 0.6) is 17.2 Å². The van der Waals surface area contributed by atoms with Gasteiger partial charge < -0.3 is 24.3 Å². The maximum atomic E-state index is 11.8. The van der Waals surface area contributed by atoms with Crippen LogP contribution in [0.3, 0.4) is 0 Å². The van der Waals surface area contributed by atoms with E-state index in [0.29, 0.717) is 24.5 Å². The van der Waals surface area contributed by atoms with Crippen molar-refractivity contribution in [2.75, 3.05) is 34.0 Å². The van der Waals surface area contributed by atoms with E-state index in [2.05, 4.69) is 5.32 Å². The first-order valence-corrected chi connectivity index (χ1v) is 9.88. The second kappa shape index (κ2) is 11.7. The predicted octanol–water partition coefficient (Wildman–Crippen LogP) is 3.94. The molecule has 2 aromatic rings. The summed E-state index contributed by atoms with van der Waals surface area (Å²) in [4.78, 5) is 23.6. The molecule has 0 heterocycles. The molecule has 0 radical (unpaired) electrons. The second-order valence-electron chi connectivity index (χ2n) is 5.94. The lowest BCUT2D eigenvalue weighted by molar-refractivity contribution is -0.150. The third-order valence-electron chi connectivity index (χ3n) is 3.87. The number of ether oxygens (including phenoxy) is 4. The van der Waals surface area contributed by atoms with Gasteiger partial charge in [-0.1, -0.05) is 40.9 Å². The van der Waals surface area contributed by atoms with Crippen LogP contribution >= 0.6 is 34.8 Å². The summed E-state index contributed by atoms with van der Waals surface area (Å²) in [6.07, 6.45) is 0.568. The number of rotatable bonds is 10. The van der Waals surface area contributed by atoms with Gasteiger partial charge in [-0.05, 0) is 30.2 Å². The smallest absolute Gasteiger partial charge is 0.344 e. The van der Waals surface area contributed by atoms with Gasteiger partial charge in [-0.15, -0.1) is 0 Å². The molecule has 2 rings (SSSR count). The molecule has 0 aliphatic heterocycles. The molecule has 0 saturated carbocycles. The number of methoxy groups -OCH3 is 2. The van der Waals surface area contributed by atoms with E-state index in [1.165, 1.54) is 12.1 Å². The molecule has 0 aliphatic rings. The molecule has 162 valence electrons. The highest BCUT2D eigenvalue weighted by atomic mass is 35.5. The van der Waals surface area contributed by atoms with Crippen LogP contribution in [0, 0.1) is 0 Å². The minimum Gasteiger partial charge on any atom is -0.493 e. The number of nitrogens with one attached hydrogen (secondary N) is 1. The van der Waals surface area contributed by atoms with E-state index in [1.54, 1.807) is 20.3 Å². The fourth-order valence-electron chi connectivity index (χ4n) is 2.37. The molecule has 30 heavy (non-hydrogen) atoms. The van der Waals surface area contributed by atoms with Crippen molar-refractivity contribution < 1.29 is 28.5 Å². The molecular weight excluding hydrogens is 457 g/mol. The monoisotopic (exact) mass is 475 g/mol. The van der Waals surface area contributed by atoms with Crippen molar-refractivity contribution >= 4 is 46.7 Å². The summed E-state index contributed by atoms with van der Waals surface area (Å²) in [6.45, 7) is -0.499. The highest BCUT2D eigenvalue weighted by Crippen LogP contribution is 2.33. The van der Waals surface area contributed by atoms with Gasteiger partial charge in [-0.25, -0.2) is 4.79 Å². The van der Waals surface area contributed by atoms with Crippen LogP contribution in [0.4, 0.5) is 0 Å². The highest BCUT2D eigenvalue weighted by molar-refractivity contribution is 6.43. The Hall–Kier alpha value is -2.35. The average molecular weight is 477 g/mol. The number of esters is 1. The molecule has 2 aromatic carbocycles. The van der Waals surface area contributed by atoms with Gasteiger partial charge in [0.2, 0.25) is 0 Å². The van der Waals surface area contributed by atoms with Gasteiger partial charge >= 0.3 is 5.97 Å². The zero-order valence-corrected chi connectivity index (χ0v) is 18.6. The Balaban J connectivity index is 1.70. The van der Waals surface area contributed by atoms with Crippen LogP contribution in [0.2, 0.25) is 15.1 Å². The molecule has 0 aliphatic carbocycles. The zero-order chi connectivity index (χ0) is 22.1. The fraction of sp³-hybridized carbons (Fsp3) is 0.300. The van der Waals surface area contributed by atoms with Gasteiger partial charge in [0.05, 0.1) is 29.3 Å². The number of carbonyl (C=O) groups is 2. The standard InChI is InChI=1S/C20H20Cl3NO6/c1-27-16-4-3-12(7-18(16)28-2)5-6-24-19(25)10-30-20(26)11-29-17-9-14(22)13(21)8-15(17)23/h3-4,7-9H,5-6,10-11H2,1-2H3,(H,24,25). The minimum absolute atomic E-state index is 0.183. The molecule has 1 amide bonds. The summed E-state index contributed by atoms with van der Waals surface area (Å²) in [7, 11) is 3.11. The van der Waals surface area contributed by atoms with E-state index in [9.17, 15) is 9.59 Å². The summed E-state index contributed by atoms with van der Waals surface area (Å²) in [6, 6.07) is 8.28. The average Bonchev–Trinajstić information content (AvgIpc) is 2.73. The van der Waals surface area contributed by atoms with Crippen molar-refractivity contribution in [2.24, 2.45) is 0 Å². The number of hydrogen-bond donors (Lipinski definition) is 1. The number of hydrogen-bond acceptors (Lipinski definition) is 6. The molecule has 7 nitrogen and oxygen atoms in total. The molecule has 0 fully saturated rings. The molecule has 0 aromatic heterocycles. The van der Waals surface area contributed by atoms with Gasteiger partial charge in [0, 0.05) is 12.6 Å². The third kappa shape index (κ3) is 7.16. The van der Waals surface area contributed by atoms with Gasteiger partial charge in [0.1, 0.15) is 5.75 Å². The Bertz CT molecular complexity index is 906. The lowest BCUT2D eigenvalue weighted by atomic mass is 10.1. The summed E-state index contributed by atoms with van der Waals surface area (Å²) < 4.78 is 20.5. The number of amides is 1. The van der Waals surface area contributed by atoms with E-state index in [1.807, 2.05) is 12.1 Å². The Morgan fingerprint density at radius 2 is 1.57 bits per heavy atom. The minimum atomic E-state index is -0.729. The normalized spacial score (nSPS) is 10.3.